The number of hydrogen-bond donors (Lipinski definition) is 4. The zero-order chi connectivity index (χ0) is 16.6. The molecule has 0 amide bonds. The number of aliphatic hydroxyl groups excluding tert-OH is 1. The summed E-state index contributed by atoms with van der Waals surface area (Å²) in [6.45, 7) is 5.43. The van der Waals surface area contributed by atoms with Gasteiger partial charge in [-0.3, -0.25) is 4.57 Å². The van der Waals surface area contributed by atoms with Crippen LogP contribution < -0.4 is 5.32 Å². The highest BCUT2D eigenvalue weighted by molar-refractivity contribution is 7.52. The molecule has 0 saturated carbocycles. The summed E-state index contributed by atoms with van der Waals surface area (Å²) in [5.74, 6) is -1.01. The first-order chi connectivity index (χ1) is 10.3. The van der Waals surface area contributed by atoms with Gasteiger partial charge in [0.05, 0.1) is 0 Å². The van der Waals surface area contributed by atoms with Crippen LogP contribution in [0.15, 0.2) is 24.3 Å². The molecule has 2 atom stereocenters. The van der Waals surface area contributed by atoms with Gasteiger partial charge in [-0.2, -0.15) is 0 Å². The van der Waals surface area contributed by atoms with Gasteiger partial charge in [-0.05, 0) is 36.4 Å². The molecular weight excluding hydrogens is 301 g/mol. The van der Waals surface area contributed by atoms with Gasteiger partial charge in [-0.1, -0.05) is 51.0 Å². The Morgan fingerprint density at radius 2 is 1.82 bits per heavy atom. The van der Waals surface area contributed by atoms with E-state index in [9.17, 15) is 9.67 Å². The van der Waals surface area contributed by atoms with Crippen LogP contribution in [0.1, 0.15) is 56.6 Å². The lowest BCUT2D eigenvalue weighted by Crippen LogP contribution is -2.20. The molecule has 4 N–H and O–H groups in total. The normalized spacial score (nSPS) is 14.8. The topological polar surface area (TPSA) is 89.8 Å². The molecule has 22 heavy (non-hydrogen) atoms. The maximum Gasteiger partial charge on any atom is 0.353 e. The van der Waals surface area contributed by atoms with Gasteiger partial charge in [0, 0.05) is 6.54 Å². The first-order valence-electron chi connectivity index (χ1n) is 7.87. The van der Waals surface area contributed by atoms with Gasteiger partial charge >= 0.3 is 7.60 Å². The highest BCUT2D eigenvalue weighted by Gasteiger charge is 2.25. The lowest BCUT2D eigenvalue weighted by atomic mass is 9.95. The van der Waals surface area contributed by atoms with Crippen molar-refractivity contribution in [1.29, 1.82) is 0 Å². The molecule has 1 rings (SSSR count). The maximum atomic E-state index is 10.8. The van der Waals surface area contributed by atoms with E-state index in [-0.39, 0.29) is 6.42 Å². The molecule has 1 aromatic carbocycles. The zero-order valence-electron chi connectivity index (χ0n) is 13.4. The van der Waals surface area contributed by atoms with Crippen molar-refractivity contribution in [2.45, 2.75) is 57.8 Å². The van der Waals surface area contributed by atoms with Crippen molar-refractivity contribution in [3.8, 4) is 0 Å². The fraction of sp³-hybridized carbons (Fsp3) is 0.625. The Balaban J connectivity index is 2.34. The molecule has 126 valence electrons. The Bertz CT molecular complexity index is 472. The molecule has 0 aliphatic heterocycles. The van der Waals surface area contributed by atoms with Gasteiger partial charge < -0.3 is 20.2 Å². The minimum atomic E-state index is -4.38. The minimum Gasteiger partial charge on any atom is -0.380 e. The van der Waals surface area contributed by atoms with Crippen LogP contribution in [0.4, 0.5) is 0 Å². The molecule has 0 aliphatic rings. The monoisotopic (exact) mass is 329 g/mol. The third kappa shape index (κ3) is 7.03. The standard InChI is InChI=1S/C16H28NO4P/c1-3-4-5-13(2)15-8-6-14(7-9-15)12-17-11-10-16(18)22(19,20)21/h6-9,13,16-18H,3-5,10-12H2,1-2H3,(H2,19,20,21). The van der Waals surface area contributed by atoms with Gasteiger partial charge in [-0.15, -0.1) is 0 Å². The summed E-state index contributed by atoms with van der Waals surface area (Å²) in [7, 11) is -4.38. The molecule has 2 unspecified atom stereocenters. The second-order valence-corrected chi connectivity index (χ2v) is 7.59. The van der Waals surface area contributed by atoms with Crippen LogP contribution in [-0.2, 0) is 11.1 Å². The average molecular weight is 329 g/mol. The van der Waals surface area contributed by atoms with Crippen LogP contribution in [0, 0.1) is 0 Å². The molecule has 0 spiro atoms. The number of rotatable bonds is 10. The van der Waals surface area contributed by atoms with E-state index in [4.69, 9.17) is 9.79 Å². The van der Waals surface area contributed by atoms with Gasteiger partial charge in [-0.25, -0.2) is 0 Å². The average Bonchev–Trinajstić information content (AvgIpc) is 2.48. The van der Waals surface area contributed by atoms with Gasteiger partial charge in [0.1, 0.15) is 0 Å². The number of nitrogens with one attached hydrogen (secondary N) is 1. The second kappa shape index (κ2) is 9.43. The molecule has 1 aromatic rings. The predicted molar refractivity (Wildman–Crippen MR) is 88.8 cm³/mol. The van der Waals surface area contributed by atoms with E-state index >= 15 is 0 Å². The van der Waals surface area contributed by atoms with E-state index in [0.29, 0.717) is 19.0 Å². The third-order valence-electron chi connectivity index (χ3n) is 3.84. The van der Waals surface area contributed by atoms with Crippen LogP contribution in [0.2, 0.25) is 0 Å². The van der Waals surface area contributed by atoms with E-state index in [1.807, 2.05) is 0 Å². The number of benzene rings is 1. The van der Waals surface area contributed by atoms with E-state index in [0.717, 1.165) is 5.56 Å². The summed E-state index contributed by atoms with van der Waals surface area (Å²) in [4.78, 5) is 17.6. The fourth-order valence-corrected chi connectivity index (χ4v) is 2.74. The predicted octanol–water partition coefficient (Wildman–Crippen LogP) is 2.96. The van der Waals surface area contributed by atoms with E-state index in [1.54, 1.807) is 0 Å². The summed E-state index contributed by atoms with van der Waals surface area (Å²) in [6.07, 6.45) is 3.70. The van der Waals surface area contributed by atoms with Crippen molar-refractivity contribution >= 4 is 7.60 Å². The molecule has 6 heteroatoms. The molecule has 0 aromatic heterocycles. The van der Waals surface area contributed by atoms with Crippen LogP contribution in [-0.4, -0.2) is 27.3 Å². The summed E-state index contributed by atoms with van der Waals surface area (Å²) in [6, 6.07) is 8.43. The number of hydrogen-bond acceptors (Lipinski definition) is 3. The summed E-state index contributed by atoms with van der Waals surface area (Å²) < 4.78 is 10.8. The molecule has 0 fully saturated rings. The summed E-state index contributed by atoms with van der Waals surface area (Å²) in [5.41, 5.74) is 2.46. The Labute approximate surface area is 132 Å². The lowest BCUT2D eigenvalue weighted by Gasteiger charge is -2.13. The van der Waals surface area contributed by atoms with Crippen molar-refractivity contribution in [3.05, 3.63) is 35.4 Å². The quantitative estimate of drug-likeness (QED) is 0.391. The van der Waals surface area contributed by atoms with Crippen molar-refractivity contribution in [1.82, 2.24) is 5.32 Å². The molecule has 0 heterocycles. The Morgan fingerprint density at radius 1 is 1.18 bits per heavy atom. The summed E-state index contributed by atoms with van der Waals surface area (Å²) >= 11 is 0. The lowest BCUT2D eigenvalue weighted by molar-refractivity contribution is 0.193. The van der Waals surface area contributed by atoms with E-state index in [2.05, 4.69) is 43.4 Å². The largest absolute Gasteiger partial charge is 0.380 e. The van der Waals surface area contributed by atoms with Crippen molar-refractivity contribution < 1.29 is 19.5 Å². The molecule has 0 saturated heterocycles. The Hall–Kier alpha value is -0.710. The fourth-order valence-electron chi connectivity index (χ4n) is 2.27. The highest BCUT2D eigenvalue weighted by atomic mass is 31.2. The molecule has 0 aliphatic carbocycles. The first kappa shape index (κ1) is 19.3. The van der Waals surface area contributed by atoms with Crippen molar-refractivity contribution in [2.75, 3.05) is 6.54 Å². The SMILES string of the molecule is CCCCC(C)c1ccc(CNCCC(O)P(=O)(O)O)cc1. The van der Waals surface area contributed by atoms with Crippen LogP contribution in [0.5, 0.6) is 0 Å². The smallest absolute Gasteiger partial charge is 0.353 e. The van der Waals surface area contributed by atoms with Crippen molar-refractivity contribution in [2.24, 2.45) is 0 Å². The molecule has 5 nitrogen and oxygen atoms in total. The zero-order valence-corrected chi connectivity index (χ0v) is 14.3. The molecule has 0 radical (unpaired) electrons. The highest BCUT2D eigenvalue weighted by Crippen LogP contribution is 2.40. The second-order valence-electron chi connectivity index (χ2n) is 5.82. The van der Waals surface area contributed by atoms with Gasteiger partial charge in [0.15, 0.2) is 5.85 Å². The minimum absolute atomic E-state index is 0.0381. The Kier molecular flexibility index (Phi) is 8.29. The first-order valence-corrected chi connectivity index (χ1v) is 9.55. The van der Waals surface area contributed by atoms with Crippen LogP contribution in [0.25, 0.3) is 0 Å². The van der Waals surface area contributed by atoms with Crippen LogP contribution >= 0.6 is 7.60 Å². The third-order valence-corrected chi connectivity index (χ3v) is 4.87. The van der Waals surface area contributed by atoms with Gasteiger partial charge in [0.2, 0.25) is 0 Å². The van der Waals surface area contributed by atoms with Gasteiger partial charge in [0.25, 0.3) is 0 Å². The van der Waals surface area contributed by atoms with E-state index < -0.39 is 13.4 Å². The number of aliphatic hydroxyl groups is 1. The Morgan fingerprint density at radius 3 is 2.36 bits per heavy atom. The number of unbranched alkanes of at least 4 members (excludes halogenated alkanes) is 1. The van der Waals surface area contributed by atoms with Crippen molar-refractivity contribution in [3.63, 3.8) is 0 Å². The molecule has 0 bridgehead atoms. The van der Waals surface area contributed by atoms with Crippen LogP contribution in [0.3, 0.4) is 0 Å². The maximum absolute atomic E-state index is 10.8. The van der Waals surface area contributed by atoms with E-state index in [1.165, 1.54) is 24.8 Å². The molecular formula is C16H28NO4P. The summed E-state index contributed by atoms with van der Waals surface area (Å²) in [5, 5.41) is 12.3.